The largest absolute Gasteiger partial charge is 0.396 e. The van der Waals surface area contributed by atoms with Crippen LogP contribution in [0, 0.1) is 11.3 Å². The van der Waals surface area contributed by atoms with Crippen LogP contribution >= 0.6 is 0 Å². The van der Waals surface area contributed by atoms with Crippen molar-refractivity contribution in [3.63, 3.8) is 0 Å². The minimum atomic E-state index is 0.279. The van der Waals surface area contributed by atoms with Gasteiger partial charge in [0.2, 0.25) is 0 Å². The fraction of sp³-hybridized carbons (Fsp3) is 1.00. The van der Waals surface area contributed by atoms with Crippen LogP contribution in [0.15, 0.2) is 0 Å². The van der Waals surface area contributed by atoms with Crippen LogP contribution in [0.5, 0.6) is 0 Å². The molecule has 0 atom stereocenters. The van der Waals surface area contributed by atoms with Gasteiger partial charge >= 0.3 is 0 Å². The molecule has 15 heavy (non-hydrogen) atoms. The summed E-state index contributed by atoms with van der Waals surface area (Å²) in [6.07, 6.45) is 5.08. The molecule has 0 aromatic heterocycles. The van der Waals surface area contributed by atoms with Crippen molar-refractivity contribution >= 4 is 0 Å². The topological polar surface area (TPSA) is 35.5 Å². The predicted molar refractivity (Wildman–Crippen MR) is 61.8 cm³/mol. The van der Waals surface area contributed by atoms with Gasteiger partial charge in [-0.3, -0.25) is 0 Å². The number of hydrogen-bond donors (Lipinski definition) is 2. The van der Waals surface area contributed by atoms with Crippen LogP contribution < -0.4 is 5.32 Å². The second kappa shape index (κ2) is 4.81. The number of rotatable bonds is 5. The van der Waals surface area contributed by atoms with E-state index in [2.05, 4.69) is 17.3 Å². The third-order valence-electron chi connectivity index (χ3n) is 3.93. The van der Waals surface area contributed by atoms with Crippen molar-refractivity contribution in [2.24, 2.45) is 11.3 Å². The van der Waals surface area contributed by atoms with Crippen LogP contribution in [0.2, 0.25) is 0 Å². The molecule has 88 valence electrons. The molecule has 2 N–H and O–H groups in total. The maximum absolute atomic E-state index is 9.27. The second-order valence-corrected chi connectivity index (χ2v) is 5.55. The molecule has 0 radical (unpaired) electrons. The van der Waals surface area contributed by atoms with Crippen LogP contribution in [-0.2, 0) is 0 Å². The van der Waals surface area contributed by atoms with Crippen LogP contribution in [0.3, 0.4) is 0 Å². The molecule has 3 heteroatoms. The summed E-state index contributed by atoms with van der Waals surface area (Å²) < 4.78 is 0. The van der Waals surface area contributed by atoms with Crippen LogP contribution in [0.4, 0.5) is 0 Å². The van der Waals surface area contributed by atoms with Gasteiger partial charge in [-0.2, -0.15) is 0 Å². The van der Waals surface area contributed by atoms with E-state index in [-0.39, 0.29) is 5.41 Å². The van der Waals surface area contributed by atoms with Gasteiger partial charge in [-0.15, -0.1) is 0 Å². The van der Waals surface area contributed by atoms with Crippen molar-refractivity contribution in [3.05, 3.63) is 0 Å². The number of nitrogens with zero attached hydrogens (tertiary/aromatic N) is 1. The highest BCUT2D eigenvalue weighted by Crippen LogP contribution is 2.45. The molecular formula is C12H24N2O. The maximum Gasteiger partial charge on any atom is 0.0499 e. The van der Waals surface area contributed by atoms with Gasteiger partial charge in [0.25, 0.3) is 0 Å². The Labute approximate surface area is 92.8 Å². The molecule has 0 spiro atoms. The van der Waals surface area contributed by atoms with Gasteiger partial charge in [0, 0.05) is 25.1 Å². The van der Waals surface area contributed by atoms with Crippen molar-refractivity contribution in [1.29, 1.82) is 0 Å². The van der Waals surface area contributed by atoms with E-state index in [4.69, 9.17) is 0 Å². The predicted octanol–water partition coefficient (Wildman–Crippen LogP) is 0.690. The fourth-order valence-corrected chi connectivity index (χ4v) is 2.69. The third-order valence-corrected chi connectivity index (χ3v) is 3.93. The van der Waals surface area contributed by atoms with E-state index in [1.165, 1.54) is 45.3 Å². The lowest BCUT2D eigenvalue weighted by atomic mass is 9.97. The summed E-state index contributed by atoms with van der Waals surface area (Å²) in [7, 11) is 2.21. The smallest absolute Gasteiger partial charge is 0.0499 e. The molecule has 1 aliphatic carbocycles. The average molecular weight is 212 g/mol. The quantitative estimate of drug-likeness (QED) is 0.704. The first-order valence-electron chi connectivity index (χ1n) is 6.24. The molecule has 0 aromatic carbocycles. The van der Waals surface area contributed by atoms with Gasteiger partial charge in [-0.05, 0) is 51.7 Å². The number of hydrogen-bond acceptors (Lipinski definition) is 3. The Kier molecular flexibility index (Phi) is 3.65. The van der Waals surface area contributed by atoms with Crippen molar-refractivity contribution in [1.82, 2.24) is 10.2 Å². The van der Waals surface area contributed by atoms with E-state index in [0.29, 0.717) is 6.61 Å². The lowest BCUT2D eigenvalue weighted by Gasteiger charge is -2.29. The normalized spacial score (nSPS) is 25.8. The van der Waals surface area contributed by atoms with Crippen molar-refractivity contribution in [2.75, 3.05) is 39.8 Å². The molecule has 2 aliphatic rings. The molecule has 0 bridgehead atoms. The standard InChI is InChI=1S/C12H24N2O/c1-14(9-12(10-15)4-5-12)8-11-2-6-13-7-3-11/h11,13,15H,2-10H2,1H3. The van der Waals surface area contributed by atoms with Gasteiger partial charge in [-0.1, -0.05) is 0 Å². The molecule has 1 saturated heterocycles. The first kappa shape index (κ1) is 11.4. The number of aliphatic hydroxyl groups excluding tert-OH is 1. The summed E-state index contributed by atoms with van der Waals surface area (Å²) >= 11 is 0. The van der Waals surface area contributed by atoms with Crippen LogP contribution in [0.25, 0.3) is 0 Å². The van der Waals surface area contributed by atoms with E-state index < -0.39 is 0 Å². The molecule has 3 nitrogen and oxygen atoms in total. The number of piperidine rings is 1. The highest BCUT2D eigenvalue weighted by Gasteiger charge is 2.42. The highest BCUT2D eigenvalue weighted by atomic mass is 16.3. The fourth-order valence-electron chi connectivity index (χ4n) is 2.69. The Morgan fingerprint density at radius 2 is 2.00 bits per heavy atom. The highest BCUT2D eigenvalue weighted by molar-refractivity contribution is 4.94. The Balaban J connectivity index is 1.69. The lowest BCUT2D eigenvalue weighted by molar-refractivity contribution is 0.147. The Morgan fingerprint density at radius 1 is 1.33 bits per heavy atom. The molecule has 2 fully saturated rings. The zero-order valence-corrected chi connectivity index (χ0v) is 9.84. The summed E-state index contributed by atoms with van der Waals surface area (Å²) in [6.45, 7) is 5.05. The van der Waals surface area contributed by atoms with Crippen molar-refractivity contribution < 1.29 is 5.11 Å². The summed E-state index contributed by atoms with van der Waals surface area (Å²) in [6, 6.07) is 0. The van der Waals surface area contributed by atoms with Crippen LogP contribution in [-0.4, -0.2) is 49.8 Å². The van der Waals surface area contributed by atoms with Crippen molar-refractivity contribution in [2.45, 2.75) is 25.7 Å². The minimum Gasteiger partial charge on any atom is -0.396 e. The molecule has 2 rings (SSSR count). The van der Waals surface area contributed by atoms with E-state index in [0.717, 1.165) is 12.5 Å². The summed E-state index contributed by atoms with van der Waals surface area (Å²) in [5, 5.41) is 12.7. The average Bonchev–Trinajstić information content (AvgIpc) is 3.00. The first-order chi connectivity index (χ1) is 7.24. The molecule has 0 unspecified atom stereocenters. The Bertz CT molecular complexity index is 198. The van der Waals surface area contributed by atoms with E-state index >= 15 is 0 Å². The van der Waals surface area contributed by atoms with Gasteiger partial charge in [0.1, 0.15) is 0 Å². The van der Waals surface area contributed by atoms with Gasteiger partial charge in [0.15, 0.2) is 0 Å². The third kappa shape index (κ3) is 3.16. The number of nitrogens with one attached hydrogen (secondary N) is 1. The first-order valence-corrected chi connectivity index (χ1v) is 6.24. The zero-order valence-electron chi connectivity index (χ0n) is 9.84. The maximum atomic E-state index is 9.27. The summed E-state index contributed by atoms with van der Waals surface area (Å²) in [5.74, 6) is 0.866. The van der Waals surface area contributed by atoms with E-state index in [1.807, 2.05) is 0 Å². The second-order valence-electron chi connectivity index (χ2n) is 5.55. The molecular weight excluding hydrogens is 188 g/mol. The Hall–Kier alpha value is -0.120. The molecule has 0 aromatic rings. The molecule has 1 heterocycles. The van der Waals surface area contributed by atoms with Crippen molar-refractivity contribution in [3.8, 4) is 0 Å². The minimum absolute atomic E-state index is 0.279. The van der Waals surface area contributed by atoms with E-state index in [1.54, 1.807) is 0 Å². The van der Waals surface area contributed by atoms with Gasteiger partial charge < -0.3 is 15.3 Å². The lowest BCUT2D eigenvalue weighted by Crippen LogP contribution is -2.37. The SMILES string of the molecule is CN(CC1CCNCC1)CC1(CO)CC1. The molecule has 0 amide bonds. The zero-order chi connectivity index (χ0) is 10.7. The monoisotopic (exact) mass is 212 g/mol. The molecule has 1 saturated carbocycles. The van der Waals surface area contributed by atoms with Gasteiger partial charge in [0.05, 0.1) is 0 Å². The number of aliphatic hydroxyl groups is 1. The van der Waals surface area contributed by atoms with E-state index in [9.17, 15) is 5.11 Å². The van der Waals surface area contributed by atoms with Crippen LogP contribution in [0.1, 0.15) is 25.7 Å². The Morgan fingerprint density at radius 3 is 2.53 bits per heavy atom. The molecule has 1 aliphatic heterocycles. The summed E-state index contributed by atoms with van der Waals surface area (Å²) in [5.41, 5.74) is 0.279. The van der Waals surface area contributed by atoms with Gasteiger partial charge in [-0.25, -0.2) is 0 Å². The summed E-state index contributed by atoms with van der Waals surface area (Å²) in [4.78, 5) is 2.43.